The second kappa shape index (κ2) is 7.65. The summed E-state index contributed by atoms with van der Waals surface area (Å²) in [5.74, 6) is 1.79. The van der Waals surface area contributed by atoms with Gasteiger partial charge in [-0.3, -0.25) is 4.79 Å². The number of nitrogens with zero attached hydrogens (tertiary/aromatic N) is 1. The molecule has 2 aliphatic rings. The molecular weight excluding hydrogens is 334 g/mol. The van der Waals surface area contributed by atoms with E-state index in [1.165, 1.54) is 0 Å². The minimum Gasteiger partial charge on any atom is -0.454 e. The zero-order chi connectivity index (χ0) is 17.9. The van der Waals surface area contributed by atoms with E-state index in [9.17, 15) is 9.90 Å². The molecule has 3 heterocycles. The summed E-state index contributed by atoms with van der Waals surface area (Å²) >= 11 is 0. The minimum absolute atomic E-state index is 0.0813. The van der Waals surface area contributed by atoms with E-state index in [1.54, 1.807) is 0 Å². The molecule has 1 atom stereocenters. The molecule has 26 heavy (non-hydrogen) atoms. The van der Waals surface area contributed by atoms with Crippen LogP contribution in [0.4, 0.5) is 0 Å². The molecule has 4 rings (SSSR count). The van der Waals surface area contributed by atoms with Gasteiger partial charge in [-0.25, -0.2) is 0 Å². The van der Waals surface area contributed by atoms with Crippen LogP contribution in [0.5, 0.6) is 11.5 Å². The molecule has 2 aromatic rings. The van der Waals surface area contributed by atoms with E-state index < -0.39 is 0 Å². The molecule has 1 unspecified atom stereocenters. The van der Waals surface area contributed by atoms with Crippen LogP contribution in [-0.4, -0.2) is 54.6 Å². The first-order valence-electron chi connectivity index (χ1n) is 9.22. The first-order valence-corrected chi connectivity index (χ1v) is 9.22. The zero-order valence-electron chi connectivity index (χ0n) is 14.8. The monoisotopic (exact) mass is 359 g/mol. The van der Waals surface area contributed by atoms with E-state index in [2.05, 4.69) is 15.2 Å². The number of hydrogen-bond acceptors (Lipinski definition) is 6. The molecule has 1 fully saturated rings. The van der Waals surface area contributed by atoms with E-state index in [0.717, 1.165) is 49.9 Å². The quantitative estimate of drug-likeness (QED) is 0.669. The number of aliphatic hydroxyl groups excluding tert-OH is 1. The molecule has 2 aliphatic heterocycles. The van der Waals surface area contributed by atoms with E-state index >= 15 is 0 Å². The molecule has 0 amide bonds. The third-order valence-corrected chi connectivity index (χ3v) is 5.20. The second-order valence-corrected chi connectivity index (χ2v) is 7.08. The standard InChI is InChI=1S/C19H25N3O4/c23-11-13-2-1-4-22(10-13)5-3-20-9-15-6-14-7-17-18(26-12-25-17)8-16(14)21-19(15)24/h6-8,13,20,23H,1-5,9-12H2,(H,21,24). The lowest BCUT2D eigenvalue weighted by molar-refractivity contribution is 0.121. The summed E-state index contributed by atoms with van der Waals surface area (Å²) in [6.07, 6.45) is 2.26. The van der Waals surface area contributed by atoms with Gasteiger partial charge in [-0.1, -0.05) is 0 Å². The van der Waals surface area contributed by atoms with Crippen molar-refractivity contribution in [2.45, 2.75) is 19.4 Å². The molecule has 0 radical (unpaired) electrons. The number of rotatable bonds is 6. The summed E-state index contributed by atoms with van der Waals surface area (Å²) in [7, 11) is 0. The van der Waals surface area contributed by atoms with Crippen molar-refractivity contribution >= 4 is 10.9 Å². The molecule has 0 spiro atoms. The predicted octanol–water partition coefficient (Wildman–Crippen LogP) is 1.05. The van der Waals surface area contributed by atoms with Crippen LogP contribution in [0, 0.1) is 5.92 Å². The molecule has 0 bridgehead atoms. The Bertz CT molecular complexity index is 835. The Morgan fingerprint density at radius 2 is 2.12 bits per heavy atom. The third kappa shape index (κ3) is 3.70. The largest absolute Gasteiger partial charge is 0.454 e. The minimum atomic E-state index is -0.0813. The highest BCUT2D eigenvalue weighted by atomic mass is 16.7. The molecule has 3 N–H and O–H groups in total. The van der Waals surface area contributed by atoms with Gasteiger partial charge in [-0.15, -0.1) is 0 Å². The number of hydrogen-bond donors (Lipinski definition) is 3. The van der Waals surface area contributed by atoms with E-state index in [0.29, 0.717) is 29.5 Å². The van der Waals surface area contributed by atoms with Crippen molar-refractivity contribution in [2.75, 3.05) is 39.6 Å². The number of aromatic amines is 1. The van der Waals surface area contributed by atoms with Gasteiger partial charge in [-0.2, -0.15) is 0 Å². The summed E-state index contributed by atoms with van der Waals surface area (Å²) in [5.41, 5.74) is 1.39. The van der Waals surface area contributed by atoms with Gasteiger partial charge < -0.3 is 29.8 Å². The van der Waals surface area contributed by atoms with Crippen molar-refractivity contribution in [1.82, 2.24) is 15.2 Å². The van der Waals surface area contributed by atoms with Gasteiger partial charge in [0.15, 0.2) is 11.5 Å². The van der Waals surface area contributed by atoms with Crippen LogP contribution in [0.1, 0.15) is 18.4 Å². The van der Waals surface area contributed by atoms with Crippen LogP contribution in [0.15, 0.2) is 23.0 Å². The summed E-state index contributed by atoms with van der Waals surface area (Å²) in [6, 6.07) is 5.62. The molecule has 7 nitrogen and oxygen atoms in total. The number of benzene rings is 1. The molecule has 0 saturated carbocycles. The highest BCUT2D eigenvalue weighted by Crippen LogP contribution is 2.35. The van der Waals surface area contributed by atoms with Gasteiger partial charge in [0, 0.05) is 49.8 Å². The van der Waals surface area contributed by atoms with Crippen molar-refractivity contribution in [2.24, 2.45) is 5.92 Å². The molecular formula is C19H25N3O4. The van der Waals surface area contributed by atoms with Crippen LogP contribution in [-0.2, 0) is 6.54 Å². The Labute approximate surface area is 151 Å². The highest BCUT2D eigenvalue weighted by Gasteiger charge is 2.18. The fourth-order valence-electron chi connectivity index (χ4n) is 3.74. The fraction of sp³-hybridized carbons (Fsp3) is 0.526. The number of ether oxygens (including phenoxy) is 2. The van der Waals surface area contributed by atoms with Gasteiger partial charge in [0.05, 0.1) is 5.52 Å². The third-order valence-electron chi connectivity index (χ3n) is 5.20. The van der Waals surface area contributed by atoms with Crippen molar-refractivity contribution < 1.29 is 14.6 Å². The van der Waals surface area contributed by atoms with Crippen molar-refractivity contribution in [1.29, 1.82) is 0 Å². The Hall–Kier alpha value is -2.09. The van der Waals surface area contributed by atoms with Gasteiger partial charge in [0.2, 0.25) is 6.79 Å². The van der Waals surface area contributed by atoms with Crippen LogP contribution in [0.2, 0.25) is 0 Å². The Balaban J connectivity index is 1.36. The number of likely N-dealkylation sites (tertiary alicyclic amines) is 1. The number of piperidine rings is 1. The maximum atomic E-state index is 12.3. The van der Waals surface area contributed by atoms with Crippen LogP contribution in [0.25, 0.3) is 10.9 Å². The van der Waals surface area contributed by atoms with Gasteiger partial charge >= 0.3 is 0 Å². The molecule has 140 valence electrons. The number of nitrogens with one attached hydrogen (secondary N) is 2. The lowest BCUT2D eigenvalue weighted by Gasteiger charge is -2.31. The van der Waals surface area contributed by atoms with Crippen molar-refractivity contribution in [3.8, 4) is 11.5 Å². The second-order valence-electron chi connectivity index (χ2n) is 7.08. The van der Waals surface area contributed by atoms with E-state index in [1.807, 2.05) is 18.2 Å². The van der Waals surface area contributed by atoms with Crippen molar-refractivity contribution in [3.63, 3.8) is 0 Å². The molecule has 1 aromatic carbocycles. The number of aliphatic hydroxyl groups is 1. The van der Waals surface area contributed by atoms with Gasteiger partial charge in [0.25, 0.3) is 5.56 Å². The van der Waals surface area contributed by atoms with E-state index in [4.69, 9.17) is 9.47 Å². The summed E-state index contributed by atoms with van der Waals surface area (Å²) < 4.78 is 10.8. The summed E-state index contributed by atoms with van der Waals surface area (Å²) in [5, 5.41) is 13.6. The van der Waals surface area contributed by atoms with Gasteiger partial charge in [0.1, 0.15) is 0 Å². The fourth-order valence-corrected chi connectivity index (χ4v) is 3.74. The normalized spacial score (nSPS) is 20.0. The SMILES string of the molecule is O=c1[nH]c2cc3c(cc2cc1CNCCN1CCCC(CO)C1)OCO3. The Kier molecular flexibility index (Phi) is 5.10. The first kappa shape index (κ1) is 17.3. The first-order chi connectivity index (χ1) is 12.7. The summed E-state index contributed by atoms with van der Waals surface area (Å²) in [4.78, 5) is 17.6. The molecule has 1 saturated heterocycles. The average molecular weight is 359 g/mol. The highest BCUT2D eigenvalue weighted by molar-refractivity contribution is 5.83. The van der Waals surface area contributed by atoms with Crippen molar-refractivity contribution in [3.05, 3.63) is 34.1 Å². The lowest BCUT2D eigenvalue weighted by Crippen LogP contribution is -2.40. The maximum absolute atomic E-state index is 12.3. The zero-order valence-corrected chi connectivity index (χ0v) is 14.8. The van der Waals surface area contributed by atoms with Gasteiger partial charge in [-0.05, 0) is 37.4 Å². The molecule has 7 heteroatoms. The average Bonchev–Trinajstić information content (AvgIpc) is 3.11. The lowest BCUT2D eigenvalue weighted by atomic mass is 9.99. The van der Waals surface area contributed by atoms with Crippen LogP contribution in [0.3, 0.4) is 0 Å². The number of fused-ring (bicyclic) bond motifs is 2. The van der Waals surface area contributed by atoms with E-state index in [-0.39, 0.29) is 19.0 Å². The Morgan fingerprint density at radius 1 is 1.27 bits per heavy atom. The molecule has 0 aliphatic carbocycles. The smallest absolute Gasteiger partial charge is 0.252 e. The molecule has 1 aromatic heterocycles. The van der Waals surface area contributed by atoms with Crippen LogP contribution < -0.4 is 20.3 Å². The number of pyridine rings is 1. The Morgan fingerprint density at radius 3 is 2.96 bits per heavy atom. The number of aromatic nitrogens is 1. The summed E-state index contributed by atoms with van der Waals surface area (Å²) in [6.45, 7) is 4.81. The maximum Gasteiger partial charge on any atom is 0.252 e. The predicted molar refractivity (Wildman–Crippen MR) is 98.6 cm³/mol. The van der Waals surface area contributed by atoms with Crippen LogP contribution >= 0.6 is 0 Å². The topological polar surface area (TPSA) is 86.8 Å². The number of H-pyrrole nitrogens is 1.